The summed E-state index contributed by atoms with van der Waals surface area (Å²) < 4.78 is 10.4. The summed E-state index contributed by atoms with van der Waals surface area (Å²) in [5.74, 6) is -2.02. The van der Waals surface area contributed by atoms with Crippen LogP contribution in [0.3, 0.4) is 0 Å². The van der Waals surface area contributed by atoms with Crippen molar-refractivity contribution in [2.75, 3.05) is 4.90 Å². The van der Waals surface area contributed by atoms with Gasteiger partial charge in [0.25, 0.3) is 0 Å². The summed E-state index contributed by atoms with van der Waals surface area (Å²) in [5.41, 5.74) is 1.26. The maximum absolute atomic E-state index is 12.9. The zero-order chi connectivity index (χ0) is 19.1. The third-order valence-corrected chi connectivity index (χ3v) is 5.15. The van der Waals surface area contributed by atoms with Crippen molar-refractivity contribution >= 4 is 35.1 Å². The van der Waals surface area contributed by atoms with Crippen LogP contribution in [0.4, 0.5) is 5.69 Å². The van der Waals surface area contributed by atoms with Crippen molar-refractivity contribution in [1.29, 1.82) is 0 Å². The highest BCUT2D eigenvalue weighted by atomic mass is 35.5. The third kappa shape index (κ3) is 3.06. The van der Waals surface area contributed by atoms with Gasteiger partial charge in [0.15, 0.2) is 5.75 Å². The molecule has 0 unspecified atom stereocenters. The minimum absolute atomic E-state index is 0.0171. The van der Waals surface area contributed by atoms with Gasteiger partial charge in [-0.3, -0.25) is 9.59 Å². The van der Waals surface area contributed by atoms with Gasteiger partial charge in [-0.2, -0.15) is 0 Å². The molecular weight excluding hydrogens is 370 g/mol. The molecule has 2 aliphatic rings. The number of benzene rings is 1. The monoisotopic (exact) mass is 385 g/mol. The van der Waals surface area contributed by atoms with E-state index in [0.29, 0.717) is 17.9 Å². The molecule has 2 amide bonds. The van der Waals surface area contributed by atoms with E-state index in [0.717, 1.165) is 10.5 Å². The molecule has 2 aromatic rings. The average Bonchev–Trinajstić information content (AvgIpc) is 3.25. The molecule has 0 bridgehead atoms. The van der Waals surface area contributed by atoms with Crippen LogP contribution in [0.25, 0.3) is 0 Å². The lowest BCUT2D eigenvalue weighted by Crippen LogP contribution is -2.31. The highest BCUT2D eigenvalue weighted by Gasteiger charge is 2.49. The molecule has 1 aromatic heterocycles. The highest BCUT2D eigenvalue weighted by Crippen LogP contribution is 2.43. The molecule has 2 heterocycles. The Morgan fingerprint density at radius 2 is 2.00 bits per heavy atom. The van der Waals surface area contributed by atoms with E-state index in [2.05, 4.69) is 0 Å². The quantitative estimate of drug-likeness (QED) is 0.345. The number of halogens is 1. The maximum Gasteiger partial charge on any atom is 0.379 e. The number of hydrogen-bond acceptors (Lipinski definition) is 5. The molecule has 4 rings (SSSR count). The largest absolute Gasteiger partial charge is 0.457 e. The van der Waals surface area contributed by atoms with Crippen LogP contribution in [0.15, 0.2) is 52.7 Å². The number of fused-ring (bicyclic) bond motifs is 1. The normalized spacial score (nSPS) is 21.9. The fourth-order valence-corrected chi connectivity index (χ4v) is 3.74. The first-order valence-corrected chi connectivity index (χ1v) is 8.92. The van der Waals surface area contributed by atoms with E-state index in [1.54, 1.807) is 6.07 Å². The first-order valence-electron chi connectivity index (χ1n) is 8.54. The summed E-state index contributed by atoms with van der Waals surface area (Å²) in [6, 6.07) is 7.48. The number of ether oxygens (including phenoxy) is 1. The van der Waals surface area contributed by atoms with E-state index in [9.17, 15) is 14.4 Å². The Hall–Kier alpha value is -2.86. The summed E-state index contributed by atoms with van der Waals surface area (Å²) in [4.78, 5) is 39.2. The topological polar surface area (TPSA) is 76.8 Å². The number of amides is 2. The molecule has 0 spiro atoms. The average molecular weight is 386 g/mol. The van der Waals surface area contributed by atoms with Gasteiger partial charge in [0.05, 0.1) is 23.8 Å². The summed E-state index contributed by atoms with van der Waals surface area (Å²) in [6.07, 6.45) is 4.42. The second-order valence-corrected chi connectivity index (χ2v) is 7.13. The van der Waals surface area contributed by atoms with Crippen molar-refractivity contribution < 1.29 is 23.5 Å². The van der Waals surface area contributed by atoms with Crippen LogP contribution in [0.2, 0.25) is 5.02 Å². The van der Waals surface area contributed by atoms with Crippen LogP contribution in [0.1, 0.15) is 30.3 Å². The summed E-state index contributed by atoms with van der Waals surface area (Å²) in [5, 5.41) is 0.326. The molecule has 1 fully saturated rings. The van der Waals surface area contributed by atoms with Gasteiger partial charge in [0, 0.05) is 5.02 Å². The maximum atomic E-state index is 12.9. The van der Waals surface area contributed by atoms with E-state index >= 15 is 0 Å². The van der Waals surface area contributed by atoms with Gasteiger partial charge < -0.3 is 9.15 Å². The Kier molecular flexibility index (Phi) is 4.36. The van der Waals surface area contributed by atoms with Gasteiger partial charge in [0.2, 0.25) is 17.6 Å². The molecule has 1 aliphatic heterocycles. The van der Waals surface area contributed by atoms with Crippen molar-refractivity contribution in [2.45, 2.75) is 19.8 Å². The van der Waals surface area contributed by atoms with Crippen molar-refractivity contribution in [3.05, 3.63) is 59.0 Å². The SMILES string of the molecule is CC1=CC[C@@H]2C(=O)N(c3cc(Cl)ccc3OC(=O)c3ccco3)C(=O)[C@@H]2C1. The predicted molar refractivity (Wildman–Crippen MR) is 97.6 cm³/mol. The van der Waals surface area contributed by atoms with Crippen LogP contribution >= 0.6 is 11.6 Å². The first kappa shape index (κ1) is 17.5. The lowest BCUT2D eigenvalue weighted by Gasteiger charge is -2.19. The Labute approximate surface area is 160 Å². The lowest BCUT2D eigenvalue weighted by molar-refractivity contribution is -0.122. The Balaban J connectivity index is 1.69. The fraction of sp³-hybridized carbons (Fsp3) is 0.250. The summed E-state index contributed by atoms with van der Waals surface area (Å²) in [6.45, 7) is 1.95. The molecule has 2 atom stereocenters. The van der Waals surface area contributed by atoms with Crippen LogP contribution < -0.4 is 9.64 Å². The molecular formula is C20H16ClNO5. The zero-order valence-electron chi connectivity index (χ0n) is 14.5. The van der Waals surface area contributed by atoms with Gasteiger partial charge in [-0.15, -0.1) is 0 Å². The van der Waals surface area contributed by atoms with E-state index in [4.69, 9.17) is 20.8 Å². The summed E-state index contributed by atoms with van der Waals surface area (Å²) >= 11 is 6.08. The van der Waals surface area contributed by atoms with Crippen LogP contribution in [0, 0.1) is 11.8 Å². The second-order valence-electron chi connectivity index (χ2n) is 6.69. The molecule has 0 radical (unpaired) electrons. The van der Waals surface area contributed by atoms with Gasteiger partial charge in [-0.1, -0.05) is 23.3 Å². The lowest BCUT2D eigenvalue weighted by atomic mass is 9.82. The molecule has 1 aromatic carbocycles. The van der Waals surface area contributed by atoms with Crippen LogP contribution in [-0.4, -0.2) is 17.8 Å². The minimum atomic E-state index is -0.724. The number of hydrogen-bond donors (Lipinski definition) is 0. The highest BCUT2D eigenvalue weighted by molar-refractivity contribution is 6.31. The van der Waals surface area contributed by atoms with Crippen molar-refractivity contribution in [2.24, 2.45) is 11.8 Å². The number of anilines is 1. The standard InChI is InChI=1S/C20H16ClNO5/c1-11-4-6-13-14(9-11)19(24)22(18(13)23)15-10-12(21)5-7-16(15)27-20(25)17-3-2-8-26-17/h2-5,7-8,10,13-14H,6,9H2,1H3/t13-,14+/m0/s1. The second kappa shape index (κ2) is 6.70. The number of carbonyl (C=O) groups is 3. The van der Waals surface area contributed by atoms with Gasteiger partial charge in [-0.05, 0) is 50.1 Å². The number of imide groups is 1. The number of nitrogens with zero attached hydrogens (tertiary/aromatic N) is 1. The van der Waals surface area contributed by atoms with Gasteiger partial charge in [-0.25, -0.2) is 9.69 Å². The molecule has 27 heavy (non-hydrogen) atoms. The fourth-order valence-electron chi connectivity index (χ4n) is 3.57. The Morgan fingerprint density at radius 3 is 2.74 bits per heavy atom. The van der Waals surface area contributed by atoms with Crippen molar-refractivity contribution in [3.63, 3.8) is 0 Å². The van der Waals surface area contributed by atoms with Crippen molar-refractivity contribution in [1.82, 2.24) is 0 Å². The predicted octanol–water partition coefficient (Wildman–Crippen LogP) is 4.00. The van der Waals surface area contributed by atoms with Crippen LogP contribution in [-0.2, 0) is 9.59 Å². The number of rotatable bonds is 3. The molecule has 7 heteroatoms. The molecule has 138 valence electrons. The minimum Gasteiger partial charge on any atom is -0.457 e. The van der Waals surface area contributed by atoms with Gasteiger partial charge >= 0.3 is 5.97 Å². The van der Waals surface area contributed by atoms with E-state index in [1.165, 1.54) is 30.5 Å². The number of allylic oxidation sites excluding steroid dienone is 2. The van der Waals surface area contributed by atoms with Gasteiger partial charge in [0.1, 0.15) is 0 Å². The van der Waals surface area contributed by atoms with E-state index in [-0.39, 0.29) is 29.0 Å². The number of carbonyl (C=O) groups excluding carboxylic acids is 3. The Morgan fingerprint density at radius 1 is 1.22 bits per heavy atom. The van der Waals surface area contributed by atoms with E-state index in [1.807, 2.05) is 13.0 Å². The molecule has 1 saturated heterocycles. The van der Waals surface area contributed by atoms with Crippen LogP contribution in [0.5, 0.6) is 5.75 Å². The molecule has 0 saturated carbocycles. The Bertz CT molecular complexity index is 963. The smallest absolute Gasteiger partial charge is 0.379 e. The third-order valence-electron chi connectivity index (χ3n) is 4.91. The first-order chi connectivity index (χ1) is 13.0. The van der Waals surface area contributed by atoms with Crippen molar-refractivity contribution in [3.8, 4) is 5.75 Å². The zero-order valence-corrected chi connectivity index (χ0v) is 15.2. The number of esters is 1. The molecule has 1 aliphatic carbocycles. The number of furan rings is 1. The molecule has 6 nitrogen and oxygen atoms in total. The molecule has 0 N–H and O–H groups in total. The summed E-state index contributed by atoms with van der Waals surface area (Å²) in [7, 11) is 0. The van der Waals surface area contributed by atoms with E-state index < -0.39 is 17.8 Å².